The lowest BCUT2D eigenvalue weighted by atomic mass is 10.2. The summed E-state index contributed by atoms with van der Waals surface area (Å²) in [4.78, 5) is 27.8. The summed E-state index contributed by atoms with van der Waals surface area (Å²) in [6, 6.07) is 3.27. The van der Waals surface area contributed by atoms with Gasteiger partial charge in [-0.1, -0.05) is 0 Å². The predicted octanol–water partition coefficient (Wildman–Crippen LogP) is 1.03. The van der Waals surface area contributed by atoms with Crippen molar-refractivity contribution in [2.45, 2.75) is 39.3 Å². The first-order chi connectivity index (χ1) is 11.4. The van der Waals surface area contributed by atoms with Crippen molar-refractivity contribution in [3.05, 3.63) is 33.7 Å². The second kappa shape index (κ2) is 8.44. The van der Waals surface area contributed by atoms with Gasteiger partial charge < -0.3 is 19.1 Å². The molecule has 1 aromatic rings. The Morgan fingerprint density at radius 2 is 2.00 bits per heavy atom. The molecule has 1 fully saturated rings. The number of rotatable bonds is 6. The third-order valence-corrected chi connectivity index (χ3v) is 4.57. The minimum atomic E-state index is 0.0366. The summed E-state index contributed by atoms with van der Waals surface area (Å²) in [5, 5.41) is 0. The van der Waals surface area contributed by atoms with E-state index in [1.807, 2.05) is 20.9 Å². The minimum Gasteiger partial charge on any atom is -0.374 e. The number of aromatic nitrogens is 1. The topological polar surface area (TPSA) is 54.8 Å². The highest BCUT2D eigenvalue weighted by molar-refractivity contribution is 5.75. The molecule has 2 heterocycles. The van der Waals surface area contributed by atoms with Crippen LogP contribution in [0, 0.1) is 13.8 Å². The van der Waals surface area contributed by atoms with Gasteiger partial charge in [-0.25, -0.2) is 0 Å². The van der Waals surface area contributed by atoms with E-state index in [4.69, 9.17) is 4.74 Å². The number of morpholine rings is 1. The van der Waals surface area contributed by atoms with Crippen molar-refractivity contribution in [3.8, 4) is 0 Å². The molecule has 1 aromatic heterocycles. The van der Waals surface area contributed by atoms with Gasteiger partial charge in [-0.15, -0.1) is 0 Å². The van der Waals surface area contributed by atoms with E-state index >= 15 is 0 Å². The third-order valence-electron chi connectivity index (χ3n) is 4.57. The average molecular weight is 335 g/mol. The molecule has 2 rings (SSSR count). The molecule has 0 bridgehead atoms. The lowest BCUT2D eigenvalue weighted by Gasteiger charge is -2.32. The molecule has 1 amide bonds. The number of nitrogens with zero attached hydrogens (tertiary/aromatic N) is 3. The molecule has 0 radical (unpaired) electrons. The van der Waals surface area contributed by atoms with Gasteiger partial charge in [0, 0.05) is 63.2 Å². The van der Waals surface area contributed by atoms with Crippen LogP contribution in [0.3, 0.4) is 0 Å². The average Bonchev–Trinajstić information content (AvgIpc) is 2.49. The van der Waals surface area contributed by atoms with E-state index in [0.717, 1.165) is 44.0 Å². The van der Waals surface area contributed by atoms with Crippen molar-refractivity contribution >= 4 is 5.91 Å². The molecule has 1 aliphatic heterocycles. The zero-order chi connectivity index (χ0) is 17.7. The maximum absolute atomic E-state index is 12.3. The van der Waals surface area contributed by atoms with Crippen LogP contribution in [0.1, 0.15) is 24.2 Å². The zero-order valence-electron chi connectivity index (χ0n) is 15.2. The van der Waals surface area contributed by atoms with Gasteiger partial charge in [0.25, 0.3) is 0 Å². The number of pyridine rings is 1. The Kier molecular flexibility index (Phi) is 6.57. The van der Waals surface area contributed by atoms with Gasteiger partial charge in [0.05, 0.1) is 12.7 Å². The number of carbonyl (C=O) groups is 1. The Labute approximate surface area is 144 Å². The molecular formula is C18H29N3O3. The fraction of sp³-hybridized carbons (Fsp3) is 0.667. The second-order valence-corrected chi connectivity index (χ2v) is 6.76. The summed E-state index contributed by atoms with van der Waals surface area (Å²) < 4.78 is 7.81. The van der Waals surface area contributed by atoms with Gasteiger partial charge in [0.2, 0.25) is 5.91 Å². The van der Waals surface area contributed by atoms with Gasteiger partial charge in [-0.3, -0.25) is 9.59 Å². The highest BCUT2D eigenvalue weighted by Gasteiger charge is 2.21. The first kappa shape index (κ1) is 18.7. The van der Waals surface area contributed by atoms with Crippen molar-refractivity contribution in [3.63, 3.8) is 0 Å². The summed E-state index contributed by atoms with van der Waals surface area (Å²) in [6.07, 6.45) is 1.37. The van der Waals surface area contributed by atoms with Crippen molar-refractivity contribution in [1.29, 1.82) is 0 Å². The summed E-state index contributed by atoms with van der Waals surface area (Å²) in [5.41, 5.74) is 1.92. The van der Waals surface area contributed by atoms with Crippen molar-refractivity contribution in [2.75, 3.05) is 40.3 Å². The van der Waals surface area contributed by atoms with E-state index in [9.17, 15) is 9.59 Å². The minimum absolute atomic E-state index is 0.0366. The Bertz CT molecular complexity index is 600. The van der Waals surface area contributed by atoms with Crippen LogP contribution in [0.5, 0.6) is 0 Å². The quantitative estimate of drug-likeness (QED) is 0.779. The van der Waals surface area contributed by atoms with Gasteiger partial charge in [0.15, 0.2) is 5.43 Å². The van der Waals surface area contributed by atoms with Crippen LogP contribution >= 0.6 is 0 Å². The number of hydrogen-bond acceptors (Lipinski definition) is 4. The molecule has 0 aromatic carbocycles. The van der Waals surface area contributed by atoms with Crippen molar-refractivity contribution < 1.29 is 9.53 Å². The molecule has 1 aliphatic rings. The molecule has 0 N–H and O–H groups in total. The van der Waals surface area contributed by atoms with Crippen molar-refractivity contribution in [1.82, 2.24) is 14.4 Å². The van der Waals surface area contributed by atoms with E-state index in [1.165, 1.54) is 0 Å². The third kappa shape index (κ3) is 5.18. The fourth-order valence-corrected chi connectivity index (χ4v) is 3.20. The summed E-state index contributed by atoms with van der Waals surface area (Å²) in [7, 11) is 3.92. The van der Waals surface area contributed by atoms with Gasteiger partial charge in [-0.05, 0) is 27.3 Å². The van der Waals surface area contributed by atoms with E-state index in [0.29, 0.717) is 13.0 Å². The summed E-state index contributed by atoms with van der Waals surface area (Å²) in [5.74, 6) is 0.142. The molecule has 24 heavy (non-hydrogen) atoms. The maximum Gasteiger partial charge on any atom is 0.222 e. The summed E-state index contributed by atoms with van der Waals surface area (Å²) >= 11 is 0. The van der Waals surface area contributed by atoms with Crippen LogP contribution in [0.15, 0.2) is 16.9 Å². The normalized spacial score (nSPS) is 18.6. The number of ether oxygens (including phenoxy) is 1. The van der Waals surface area contributed by atoms with Crippen LogP contribution in [0.25, 0.3) is 0 Å². The van der Waals surface area contributed by atoms with Gasteiger partial charge in [0.1, 0.15) is 0 Å². The van der Waals surface area contributed by atoms with E-state index in [2.05, 4.69) is 16.5 Å². The standard InChI is InChI=1S/C18H29N3O3/c1-14-10-16(22)11-15(2)21(14)7-5-6-18(23)20(4)13-17-12-19(3)8-9-24-17/h10-11,17H,5-9,12-13H2,1-4H3. The molecule has 6 heteroatoms. The van der Waals surface area contributed by atoms with Crippen LogP contribution in [0.2, 0.25) is 0 Å². The molecule has 0 spiro atoms. The Morgan fingerprint density at radius 1 is 1.33 bits per heavy atom. The highest BCUT2D eigenvalue weighted by atomic mass is 16.5. The number of likely N-dealkylation sites (N-methyl/N-ethyl adjacent to an activating group) is 2. The molecule has 1 saturated heterocycles. The molecule has 0 saturated carbocycles. The molecular weight excluding hydrogens is 306 g/mol. The second-order valence-electron chi connectivity index (χ2n) is 6.76. The Balaban J connectivity index is 1.79. The Morgan fingerprint density at radius 3 is 2.62 bits per heavy atom. The lowest BCUT2D eigenvalue weighted by molar-refractivity contribution is -0.133. The molecule has 0 aliphatic carbocycles. The molecule has 6 nitrogen and oxygen atoms in total. The van der Waals surface area contributed by atoms with E-state index < -0.39 is 0 Å². The first-order valence-electron chi connectivity index (χ1n) is 8.59. The van der Waals surface area contributed by atoms with Crippen LogP contribution in [-0.2, 0) is 16.1 Å². The van der Waals surface area contributed by atoms with Gasteiger partial charge in [-0.2, -0.15) is 0 Å². The number of hydrogen-bond donors (Lipinski definition) is 0. The van der Waals surface area contributed by atoms with Crippen molar-refractivity contribution in [2.24, 2.45) is 0 Å². The lowest BCUT2D eigenvalue weighted by Crippen LogP contribution is -2.46. The van der Waals surface area contributed by atoms with E-state index in [1.54, 1.807) is 17.0 Å². The monoisotopic (exact) mass is 335 g/mol. The fourth-order valence-electron chi connectivity index (χ4n) is 3.20. The molecule has 134 valence electrons. The largest absolute Gasteiger partial charge is 0.374 e. The maximum atomic E-state index is 12.3. The predicted molar refractivity (Wildman–Crippen MR) is 94.3 cm³/mol. The molecule has 1 unspecified atom stereocenters. The van der Waals surface area contributed by atoms with E-state index in [-0.39, 0.29) is 17.4 Å². The first-order valence-corrected chi connectivity index (χ1v) is 8.59. The van der Waals surface area contributed by atoms with Crippen LogP contribution < -0.4 is 5.43 Å². The van der Waals surface area contributed by atoms with Gasteiger partial charge >= 0.3 is 0 Å². The number of carbonyl (C=O) groups excluding carboxylic acids is 1. The zero-order valence-corrected chi connectivity index (χ0v) is 15.2. The molecule has 1 atom stereocenters. The summed E-state index contributed by atoms with van der Waals surface area (Å²) in [6.45, 7) is 7.80. The Hall–Kier alpha value is -1.66. The number of amides is 1. The smallest absolute Gasteiger partial charge is 0.222 e. The van der Waals surface area contributed by atoms with Crippen LogP contribution in [0.4, 0.5) is 0 Å². The SMILES string of the molecule is Cc1cc(=O)cc(C)n1CCCC(=O)N(C)CC1CN(C)CCO1. The van der Waals surface area contributed by atoms with Crippen LogP contribution in [-0.4, -0.2) is 66.7 Å². The number of aryl methyl sites for hydroxylation is 2. The highest BCUT2D eigenvalue weighted by Crippen LogP contribution is 2.08.